The largest absolute Gasteiger partial charge is 0.339 e. The van der Waals surface area contributed by atoms with Crippen LogP contribution in [0.2, 0.25) is 5.02 Å². The topological polar surface area (TPSA) is 32.3 Å². The number of hydrogen-bond acceptors (Lipinski definition) is 4. The Balaban J connectivity index is 1.81. The minimum atomic E-state index is 0.774. The van der Waals surface area contributed by atoms with E-state index in [1.165, 1.54) is 11.3 Å². The van der Waals surface area contributed by atoms with E-state index in [1.807, 2.05) is 30.3 Å². The first kappa shape index (κ1) is 16.1. The highest BCUT2D eigenvalue weighted by molar-refractivity contribution is 6.33. The Labute approximate surface area is 152 Å². The predicted molar refractivity (Wildman–Crippen MR) is 102 cm³/mol. The van der Waals surface area contributed by atoms with Gasteiger partial charge in [-0.2, -0.15) is 10.2 Å². The third-order valence-corrected chi connectivity index (χ3v) is 4.85. The fourth-order valence-corrected chi connectivity index (χ4v) is 3.51. The van der Waals surface area contributed by atoms with Gasteiger partial charge in [0.05, 0.1) is 16.4 Å². The van der Waals surface area contributed by atoms with Crippen LogP contribution in [0, 0.1) is 0 Å². The Morgan fingerprint density at radius 1 is 0.960 bits per heavy atom. The van der Waals surface area contributed by atoms with Gasteiger partial charge >= 0.3 is 0 Å². The lowest BCUT2D eigenvalue weighted by atomic mass is 10.0. The minimum Gasteiger partial charge on any atom is -0.339 e. The van der Waals surface area contributed by atoms with Crippen LogP contribution >= 0.6 is 11.6 Å². The van der Waals surface area contributed by atoms with Crippen molar-refractivity contribution in [2.75, 3.05) is 25.0 Å². The van der Waals surface area contributed by atoms with Crippen LogP contribution in [0.25, 0.3) is 11.3 Å². The molecule has 3 aromatic rings. The second-order valence-electron chi connectivity index (χ2n) is 6.29. The van der Waals surface area contributed by atoms with Gasteiger partial charge in [0.15, 0.2) is 0 Å². The molecule has 0 atom stereocenters. The first-order valence-electron chi connectivity index (χ1n) is 8.34. The van der Waals surface area contributed by atoms with Crippen molar-refractivity contribution in [3.8, 4) is 11.3 Å². The summed E-state index contributed by atoms with van der Waals surface area (Å²) in [6.45, 7) is 2.77. The molecule has 25 heavy (non-hydrogen) atoms. The number of fused-ring (bicyclic) bond motifs is 1. The molecular formula is C20H19ClN4. The van der Waals surface area contributed by atoms with Crippen molar-refractivity contribution in [1.82, 2.24) is 15.1 Å². The summed E-state index contributed by atoms with van der Waals surface area (Å²) in [6.07, 6.45) is 1.69. The first-order chi connectivity index (χ1) is 12.2. The lowest BCUT2D eigenvalue weighted by molar-refractivity contribution is 0.343. The van der Waals surface area contributed by atoms with Crippen molar-refractivity contribution < 1.29 is 0 Å². The molecule has 1 aromatic heterocycles. The van der Waals surface area contributed by atoms with Gasteiger partial charge < -0.3 is 9.80 Å². The Kier molecular flexibility index (Phi) is 4.38. The van der Waals surface area contributed by atoms with Gasteiger partial charge in [-0.25, -0.2) is 0 Å². The molecule has 0 bridgehead atoms. The second kappa shape index (κ2) is 6.82. The summed E-state index contributed by atoms with van der Waals surface area (Å²) in [4.78, 5) is 4.64. The molecule has 1 aliphatic heterocycles. The minimum absolute atomic E-state index is 0.774. The maximum Gasteiger partial charge on any atom is 0.0929 e. The average molecular weight is 351 g/mol. The van der Waals surface area contributed by atoms with E-state index in [4.69, 9.17) is 11.6 Å². The lowest BCUT2D eigenvalue weighted by Crippen LogP contribution is -2.26. The van der Waals surface area contributed by atoms with Gasteiger partial charge in [-0.05, 0) is 49.0 Å². The zero-order chi connectivity index (χ0) is 17.2. The number of halogens is 1. The molecule has 0 amide bonds. The smallest absolute Gasteiger partial charge is 0.0929 e. The fourth-order valence-electron chi connectivity index (χ4n) is 3.27. The number of hydrogen-bond donors (Lipinski definition) is 0. The molecule has 0 aliphatic carbocycles. The third-order valence-electron chi connectivity index (χ3n) is 4.53. The zero-order valence-corrected chi connectivity index (χ0v) is 14.8. The molecule has 0 spiro atoms. The van der Waals surface area contributed by atoms with Gasteiger partial charge in [-0.1, -0.05) is 29.8 Å². The number of likely N-dealkylation sites (N-methyl/N-ethyl adjacent to an activating group) is 1. The van der Waals surface area contributed by atoms with E-state index in [9.17, 15) is 0 Å². The molecule has 4 nitrogen and oxygen atoms in total. The van der Waals surface area contributed by atoms with Crippen LogP contribution in [0.3, 0.4) is 0 Å². The van der Waals surface area contributed by atoms with E-state index >= 15 is 0 Å². The molecular weight excluding hydrogens is 332 g/mol. The molecule has 0 saturated heterocycles. The summed E-state index contributed by atoms with van der Waals surface area (Å²) in [5.41, 5.74) is 5.49. The Bertz CT molecular complexity index is 882. The monoisotopic (exact) mass is 350 g/mol. The van der Waals surface area contributed by atoms with Gasteiger partial charge in [0, 0.05) is 37.1 Å². The Morgan fingerprint density at radius 2 is 1.84 bits per heavy atom. The van der Waals surface area contributed by atoms with Gasteiger partial charge in [-0.3, -0.25) is 0 Å². The third kappa shape index (κ3) is 3.23. The van der Waals surface area contributed by atoms with Crippen LogP contribution in [-0.4, -0.2) is 35.2 Å². The molecule has 0 unspecified atom stereocenters. The number of aromatic nitrogens is 2. The Morgan fingerprint density at radius 3 is 2.64 bits per heavy atom. The van der Waals surface area contributed by atoms with E-state index < -0.39 is 0 Å². The summed E-state index contributed by atoms with van der Waals surface area (Å²) in [5, 5.41) is 9.00. The van der Waals surface area contributed by atoms with E-state index in [2.05, 4.69) is 51.3 Å². The zero-order valence-electron chi connectivity index (χ0n) is 14.1. The number of benzene rings is 2. The molecule has 1 aliphatic rings. The molecule has 126 valence electrons. The Hall–Kier alpha value is -2.43. The molecule has 4 rings (SSSR count). The predicted octanol–water partition coefficient (Wildman–Crippen LogP) is 4.38. The average Bonchev–Trinajstić information content (AvgIpc) is 2.80. The highest BCUT2D eigenvalue weighted by Gasteiger charge is 2.21. The number of rotatable bonds is 2. The lowest BCUT2D eigenvalue weighted by Gasteiger charge is -2.26. The van der Waals surface area contributed by atoms with Crippen LogP contribution in [0.4, 0.5) is 11.4 Å². The van der Waals surface area contributed by atoms with Crippen molar-refractivity contribution in [2.45, 2.75) is 6.54 Å². The van der Waals surface area contributed by atoms with Gasteiger partial charge in [0.25, 0.3) is 0 Å². The molecule has 0 radical (unpaired) electrons. The van der Waals surface area contributed by atoms with Crippen molar-refractivity contribution in [3.63, 3.8) is 0 Å². The molecule has 2 aromatic carbocycles. The van der Waals surface area contributed by atoms with Crippen LogP contribution < -0.4 is 4.90 Å². The van der Waals surface area contributed by atoms with Crippen LogP contribution in [-0.2, 0) is 6.54 Å². The van der Waals surface area contributed by atoms with Crippen molar-refractivity contribution in [3.05, 3.63) is 71.4 Å². The van der Waals surface area contributed by atoms with E-state index in [-0.39, 0.29) is 0 Å². The number of anilines is 2. The summed E-state index contributed by atoms with van der Waals surface area (Å²) in [7, 11) is 2.15. The van der Waals surface area contributed by atoms with Gasteiger partial charge in [-0.15, -0.1) is 0 Å². The fraction of sp³-hybridized carbons (Fsp3) is 0.200. The number of nitrogens with zero attached hydrogens (tertiary/aromatic N) is 4. The maximum absolute atomic E-state index is 6.47. The van der Waals surface area contributed by atoms with Crippen LogP contribution in [0.1, 0.15) is 5.56 Å². The van der Waals surface area contributed by atoms with Crippen LogP contribution in [0.15, 0.2) is 60.8 Å². The normalized spacial score (nSPS) is 14.9. The maximum atomic E-state index is 6.47. The molecule has 2 heterocycles. The molecule has 0 fully saturated rings. The summed E-state index contributed by atoms with van der Waals surface area (Å²) >= 11 is 6.47. The summed E-state index contributed by atoms with van der Waals surface area (Å²) < 4.78 is 0. The number of para-hydroxylation sites is 1. The summed E-state index contributed by atoms with van der Waals surface area (Å²) in [5.74, 6) is 0. The van der Waals surface area contributed by atoms with Gasteiger partial charge in [0.1, 0.15) is 0 Å². The van der Waals surface area contributed by atoms with E-state index in [1.54, 1.807) is 6.20 Å². The summed E-state index contributed by atoms with van der Waals surface area (Å²) in [6, 6.07) is 18.4. The van der Waals surface area contributed by atoms with E-state index in [0.717, 1.165) is 41.6 Å². The second-order valence-corrected chi connectivity index (χ2v) is 6.70. The highest BCUT2D eigenvalue weighted by atomic mass is 35.5. The van der Waals surface area contributed by atoms with Crippen LogP contribution in [0.5, 0.6) is 0 Å². The first-order valence-corrected chi connectivity index (χ1v) is 8.72. The van der Waals surface area contributed by atoms with E-state index in [0.29, 0.717) is 0 Å². The molecule has 0 N–H and O–H groups in total. The quantitative estimate of drug-likeness (QED) is 0.686. The molecule has 0 saturated carbocycles. The SMILES string of the molecule is CN1CCN(c2ccccc2Cl)c2ccc(-c3cccnn3)cc2C1. The standard InChI is InChI=1S/C20H19ClN4/c1-24-11-12-25(20-7-3-2-5-17(20)21)19-9-8-15(13-16(19)14-24)18-6-4-10-22-23-18/h2-10,13H,11-12,14H2,1H3. The van der Waals surface area contributed by atoms with Crippen molar-refractivity contribution >= 4 is 23.0 Å². The van der Waals surface area contributed by atoms with Crippen molar-refractivity contribution in [2.24, 2.45) is 0 Å². The highest BCUT2D eigenvalue weighted by Crippen LogP contribution is 2.36. The van der Waals surface area contributed by atoms with Gasteiger partial charge in [0.2, 0.25) is 0 Å². The van der Waals surface area contributed by atoms with Crippen molar-refractivity contribution in [1.29, 1.82) is 0 Å². The molecule has 5 heteroatoms.